The summed E-state index contributed by atoms with van der Waals surface area (Å²) in [7, 11) is 1.53. The summed E-state index contributed by atoms with van der Waals surface area (Å²) in [6, 6.07) is 9.32. The maximum absolute atomic E-state index is 11.8. The third-order valence-corrected chi connectivity index (χ3v) is 2.29. The molecule has 2 rings (SSSR count). The van der Waals surface area contributed by atoms with Gasteiger partial charge in [0.2, 0.25) is 0 Å². The molecule has 1 aliphatic rings. The van der Waals surface area contributed by atoms with Crippen molar-refractivity contribution in [3.63, 3.8) is 0 Å². The lowest BCUT2D eigenvalue weighted by atomic mass is 10.2. The van der Waals surface area contributed by atoms with Gasteiger partial charge in [-0.15, -0.1) is 0 Å². The minimum atomic E-state index is -0.414. The molecule has 0 saturated heterocycles. The van der Waals surface area contributed by atoms with Gasteiger partial charge in [-0.25, -0.2) is 0 Å². The zero-order valence-electron chi connectivity index (χ0n) is 8.46. The number of hydrogen-bond acceptors (Lipinski definition) is 3. The Bertz CT molecular complexity index is 375. The fourth-order valence-corrected chi connectivity index (χ4v) is 1.48. The van der Waals surface area contributed by atoms with Crippen molar-refractivity contribution in [2.75, 3.05) is 12.1 Å². The van der Waals surface area contributed by atoms with Crippen molar-refractivity contribution in [2.45, 2.75) is 12.5 Å². The second-order valence-corrected chi connectivity index (χ2v) is 3.24. The minimum Gasteiger partial charge on any atom is -0.371 e. The molecule has 0 fully saturated rings. The Hall–Kier alpha value is -1.68. The Morgan fingerprint density at radius 1 is 1.40 bits per heavy atom. The van der Waals surface area contributed by atoms with Crippen LogP contribution in [0.5, 0.6) is 0 Å². The molecule has 1 heterocycles. The van der Waals surface area contributed by atoms with Gasteiger partial charge in [0.05, 0.1) is 5.69 Å². The summed E-state index contributed by atoms with van der Waals surface area (Å²) in [5.41, 5.74) is 0.764. The van der Waals surface area contributed by atoms with E-state index >= 15 is 0 Å². The first-order valence-electron chi connectivity index (χ1n) is 4.77. The molecule has 1 unspecified atom stereocenters. The molecule has 1 atom stereocenters. The molecule has 0 N–H and O–H groups in total. The lowest BCUT2D eigenvalue weighted by Crippen LogP contribution is -2.40. The quantitative estimate of drug-likeness (QED) is 0.731. The average molecular weight is 204 g/mol. The zero-order valence-corrected chi connectivity index (χ0v) is 8.46. The van der Waals surface area contributed by atoms with E-state index in [2.05, 4.69) is 5.10 Å². The second kappa shape index (κ2) is 4.23. The zero-order chi connectivity index (χ0) is 10.7. The van der Waals surface area contributed by atoms with E-state index in [1.807, 2.05) is 30.3 Å². The van der Waals surface area contributed by atoms with Crippen LogP contribution in [0.2, 0.25) is 0 Å². The van der Waals surface area contributed by atoms with E-state index in [0.29, 0.717) is 6.42 Å². The number of ether oxygens (including phenoxy) is 1. The van der Waals surface area contributed by atoms with Crippen LogP contribution in [-0.2, 0) is 9.53 Å². The van der Waals surface area contributed by atoms with Gasteiger partial charge in [-0.1, -0.05) is 18.2 Å². The molecule has 0 spiro atoms. The highest BCUT2D eigenvalue weighted by atomic mass is 16.5. The molecule has 0 bridgehead atoms. The molecular formula is C11H12N2O2. The first-order chi connectivity index (χ1) is 7.33. The fraction of sp³-hybridized carbons (Fsp3) is 0.273. The fourth-order valence-electron chi connectivity index (χ4n) is 1.48. The van der Waals surface area contributed by atoms with Gasteiger partial charge in [0.1, 0.15) is 6.10 Å². The monoisotopic (exact) mass is 204 g/mol. The Labute approximate surface area is 88.2 Å². The van der Waals surface area contributed by atoms with Crippen LogP contribution in [0.15, 0.2) is 35.4 Å². The van der Waals surface area contributed by atoms with Crippen LogP contribution in [0.3, 0.4) is 0 Å². The topological polar surface area (TPSA) is 41.9 Å². The van der Waals surface area contributed by atoms with Gasteiger partial charge in [-0.05, 0) is 12.1 Å². The molecular weight excluding hydrogens is 192 g/mol. The van der Waals surface area contributed by atoms with Crippen molar-refractivity contribution < 1.29 is 9.53 Å². The maximum Gasteiger partial charge on any atom is 0.276 e. The Kier molecular flexibility index (Phi) is 2.78. The Balaban J connectivity index is 2.27. The van der Waals surface area contributed by atoms with Gasteiger partial charge < -0.3 is 4.74 Å². The SMILES string of the molecule is COC1CC=NN(c2ccccc2)C1=O. The molecule has 0 aliphatic carbocycles. The summed E-state index contributed by atoms with van der Waals surface area (Å²) in [6.45, 7) is 0. The highest BCUT2D eigenvalue weighted by molar-refractivity contribution is 6.00. The summed E-state index contributed by atoms with van der Waals surface area (Å²) in [6.07, 6.45) is 1.82. The van der Waals surface area contributed by atoms with Crippen molar-refractivity contribution in [3.05, 3.63) is 30.3 Å². The third kappa shape index (κ3) is 1.89. The number of para-hydroxylation sites is 1. The highest BCUT2D eigenvalue weighted by Gasteiger charge is 2.27. The van der Waals surface area contributed by atoms with Gasteiger partial charge in [0.25, 0.3) is 5.91 Å². The highest BCUT2D eigenvalue weighted by Crippen LogP contribution is 2.18. The number of carbonyl (C=O) groups is 1. The van der Waals surface area contributed by atoms with Crippen molar-refractivity contribution in [1.29, 1.82) is 0 Å². The Morgan fingerprint density at radius 2 is 2.13 bits per heavy atom. The summed E-state index contributed by atoms with van der Waals surface area (Å²) >= 11 is 0. The van der Waals surface area contributed by atoms with Crippen LogP contribution in [0.1, 0.15) is 6.42 Å². The largest absolute Gasteiger partial charge is 0.371 e. The van der Waals surface area contributed by atoms with Crippen LogP contribution in [0.25, 0.3) is 0 Å². The molecule has 0 aromatic heterocycles. The molecule has 1 aromatic carbocycles. The normalized spacial score (nSPS) is 20.7. The van der Waals surface area contributed by atoms with Crippen molar-refractivity contribution >= 4 is 17.8 Å². The molecule has 1 aromatic rings. The molecule has 0 radical (unpaired) electrons. The predicted molar refractivity (Wildman–Crippen MR) is 57.8 cm³/mol. The predicted octanol–water partition coefficient (Wildman–Crippen LogP) is 1.42. The van der Waals surface area contributed by atoms with E-state index in [4.69, 9.17) is 4.74 Å². The standard InChI is InChI=1S/C11H12N2O2/c1-15-10-7-8-12-13(11(10)14)9-5-3-2-4-6-9/h2-6,8,10H,7H2,1H3. The number of hydrazone groups is 1. The number of carbonyl (C=O) groups excluding carboxylic acids is 1. The van der Waals surface area contributed by atoms with E-state index in [-0.39, 0.29) is 5.91 Å². The maximum atomic E-state index is 11.8. The molecule has 78 valence electrons. The molecule has 1 amide bonds. The number of rotatable bonds is 2. The van der Waals surface area contributed by atoms with Crippen LogP contribution in [0, 0.1) is 0 Å². The average Bonchev–Trinajstić information content (AvgIpc) is 2.30. The van der Waals surface area contributed by atoms with Gasteiger partial charge in [-0.3, -0.25) is 4.79 Å². The molecule has 1 aliphatic heterocycles. The number of hydrogen-bond donors (Lipinski definition) is 0. The van der Waals surface area contributed by atoms with Gasteiger partial charge in [0, 0.05) is 19.7 Å². The lowest BCUT2D eigenvalue weighted by molar-refractivity contribution is -0.128. The summed E-state index contributed by atoms with van der Waals surface area (Å²) in [5.74, 6) is -0.119. The van der Waals surface area contributed by atoms with Crippen LogP contribution < -0.4 is 5.01 Å². The van der Waals surface area contributed by atoms with Gasteiger partial charge in [0.15, 0.2) is 0 Å². The number of benzene rings is 1. The van der Waals surface area contributed by atoms with Crippen molar-refractivity contribution in [2.24, 2.45) is 5.10 Å². The summed E-state index contributed by atoms with van der Waals surface area (Å²) in [5, 5.41) is 5.43. The second-order valence-electron chi connectivity index (χ2n) is 3.24. The first-order valence-corrected chi connectivity index (χ1v) is 4.77. The molecule has 4 heteroatoms. The number of nitrogens with zero attached hydrogens (tertiary/aromatic N) is 2. The van der Waals surface area contributed by atoms with Crippen molar-refractivity contribution in [3.8, 4) is 0 Å². The number of anilines is 1. The summed E-state index contributed by atoms with van der Waals surface area (Å²) in [4.78, 5) is 11.8. The van der Waals surface area contributed by atoms with E-state index in [1.165, 1.54) is 12.1 Å². The first kappa shape index (κ1) is 9.86. The smallest absolute Gasteiger partial charge is 0.276 e. The van der Waals surface area contributed by atoms with Gasteiger partial charge in [-0.2, -0.15) is 10.1 Å². The van der Waals surface area contributed by atoms with Crippen molar-refractivity contribution in [1.82, 2.24) is 0 Å². The third-order valence-electron chi connectivity index (χ3n) is 2.29. The molecule has 15 heavy (non-hydrogen) atoms. The number of amides is 1. The summed E-state index contributed by atoms with van der Waals surface area (Å²) < 4.78 is 5.07. The molecule has 4 nitrogen and oxygen atoms in total. The minimum absolute atomic E-state index is 0.119. The van der Waals surface area contributed by atoms with E-state index in [9.17, 15) is 4.79 Å². The Morgan fingerprint density at radius 3 is 2.80 bits per heavy atom. The van der Waals surface area contributed by atoms with E-state index in [0.717, 1.165) is 5.69 Å². The molecule has 0 saturated carbocycles. The van der Waals surface area contributed by atoms with E-state index in [1.54, 1.807) is 6.21 Å². The van der Waals surface area contributed by atoms with Crippen LogP contribution in [-0.4, -0.2) is 25.3 Å². The van der Waals surface area contributed by atoms with E-state index < -0.39 is 6.10 Å². The van der Waals surface area contributed by atoms with Gasteiger partial charge >= 0.3 is 0 Å². The van der Waals surface area contributed by atoms with Crippen LogP contribution >= 0.6 is 0 Å². The number of methoxy groups -OCH3 is 1. The lowest BCUT2D eigenvalue weighted by Gasteiger charge is -2.25. The van der Waals surface area contributed by atoms with Crippen LogP contribution in [0.4, 0.5) is 5.69 Å².